The first-order chi connectivity index (χ1) is 9.08. The van der Waals surface area contributed by atoms with Crippen LogP contribution in [0.1, 0.15) is 6.92 Å². The molecule has 19 heavy (non-hydrogen) atoms. The summed E-state index contributed by atoms with van der Waals surface area (Å²) in [7, 11) is 0. The van der Waals surface area contributed by atoms with Crippen LogP contribution < -0.4 is 10.6 Å². The number of aliphatic hydroxyl groups excluding tert-OH is 2. The molecule has 0 bridgehead atoms. The Balaban J connectivity index is 2.65. The van der Waals surface area contributed by atoms with Crippen LogP contribution in [0.4, 0.5) is 4.79 Å². The van der Waals surface area contributed by atoms with Crippen molar-refractivity contribution in [1.29, 1.82) is 0 Å². The fourth-order valence-electron chi connectivity index (χ4n) is 1.42. The maximum absolute atomic E-state index is 11.7. The van der Waals surface area contributed by atoms with E-state index in [1.165, 1.54) is 11.8 Å². The molecule has 2 amide bonds. The van der Waals surface area contributed by atoms with E-state index in [2.05, 4.69) is 10.6 Å². The van der Waals surface area contributed by atoms with E-state index in [-0.39, 0.29) is 25.8 Å². The van der Waals surface area contributed by atoms with E-state index in [0.29, 0.717) is 22.8 Å². The third-order valence-corrected chi connectivity index (χ3v) is 3.46. The maximum Gasteiger partial charge on any atom is 0.337 e. The molecule has 0 fully saturated rings. The second-order valence-corrected chi connectivity index (χ2v) is 4.87. The second kappa shape index (κ2) is 8.03. The zero-order valence-corrected chi connectivity index (χ0v) is 11.5. The van der Waals surface area contributed by atoms with Crippen LogP contribution in [0, 0.1) is 0 Å². The lowest BCUT2D eigenvalue weighted by atomic mass is 10.2. The lowest BCUT2D eigenvalue weighted by molar-refractivity contribution is -0.138. The minimum atomic E-state index is -0.811. The third kappa shape index (κ3) is 5.09. The number of ether oxygens (including phenoxy) is 1. The molecule has 7 nitrogen and oxygen atoms in total. The van der Waals surface area contributed by atoms with Crippen LogP contribution in [0.5, 0.6) is 0 Å². The van der Waals surface area contributed by atoms with Gasteiger partial charge in [-0.25, -0.2) is 9.59 Å². The van der Waals surface area contributed by atoms with Gasteiger partial charge in [0.2, 0.25) is 0 Å². The van der Waals surface area contributed by atoms with Gasteiger partial charge in [0.1, 0.15) is 0 Å². The molecule has 0 spiro atoms. The number of hydrogen-bond acceptors (Lipinski definition) is 6. The standard InChI is InChI=1S/C11H18N2O5S/c1-2-18-10(16)8-3-12-11(17)13-9(8)6-19-5-7(15)4-14/h7,14-15H,2-6H2,1H3,(H2,12,13,17). The molecule has 1 heterocycles. The van der Waals surface area contributed by atoms with E-state index < -0.39 is 12.1 Å². The van der Waals surface area contributed by atoms with Gasteiger partial charge in [0, 0.05) is 17.2 Å². The van der Waals surface area contributed by atoms with Crippen molar-refractivity contribution in [2.45, 2.75) is 13.0 Å². The summed E-state index contributed by atoms with van der Waals surface area (Å²) in [6.07, 6.45) is -0.811. The Morgan fingerprint density at radius 1 is 1.58 bits per heavy atom. The largest absolute Gasteiger partial charge is 0.463 e. The maximum atomic E-state index is 11.7. The van der Waals surface area contributed by atoms with Crippen molar-refractivity contribution in [3.05, 3.63) is 11.3 Å². The number of hydrogen-bond donors (Lipinski definition) is 4. The number of thioether (sulfide) groups is 1. The molecule has 1 atom stereocenters. The highest BCUT2D eigenvalue weighted by molar-refractivity contribution is 7.99. The number of amides is 2. The topological polar surface area (TPSA) is 108 Å². The first-order valence-electron chi connectivity index (χ1n) is 5.89. The lowest BCUT2D eigenvalue weighted by Crippen LogP contribution is -2.44. The predicted molar refractivity (Wildman–Crippen MR) is 70.6 cm³/mol. The van der Waals surface area contributed by atoms with Crippen LogP contribution >= 0.6 is 11.8 Å². The lowest BCUT2D eigenvalue weighted by Gasteiger charge is -2.21. The fraction of sp³-hybridized carbons (Fsp3) is 0.636. The van der Waals surface area contributed by atoms with Crippen molar-refractivity contribution in [2.75, 3.05) is 31.3 Å². The van der Waals surface area contributed by atoms with Gasteiger partial charge in [0.25, 0.3) is 0 Å². The highest BCUT2D eigenvalue weighted by atomic mass is 32.2. The van der Waals surface area contributed by atoms with Gasteiger partial charge in [0.05, 0.1) is 31.4 Å². The summed E-state index contributed by atoms with van der Waals surface area (Å²) in [6, 6.07) is -0.369. The molecule has 1 aliphatic heterocycles. The Kier molecular flexibility index (Phi) is 6.68. The summed E-state index contributed by atoms with van der Waals surface area (Å²) in [5, 5.41) is 23.0. The first-order valence-corrected chi connectivity index (χ1v) is 7.04. The molecular weight excluding hydrogens is 272 g/mol. The number of urea groups is 1. The Morgan fingerprint density at radius 3 is 2.95 bits per heavy atom. The van der Waals surface area contributed by atoms with E-state index in [1.807, 2.05) is 0 Å². The average molecular weight is 290 g/mol. The molecule has 0 aromatic heterocycles. The van der Waals surface area contributed by atoms with Crippen molar-refractivity contribution in [3.63, 3.8) is 0 Å². The molecule has 0 aromatic rings. The van der Waals surface area contributed by atoms with Gasteiger partial charge in [-0.2, -0.15) is 11.8 Å². The Hall–Kier alpha value is -1.25. The highest BCUT2D eigenvalue weighted by Gasteiger charge is 2.23. The molecule has 0 radical (unpaired) electrons. The number of carbonyl (C=O) groups excluding carboxylic acids is 2. The van der Waals surface area contributed by atoms with Crippen molar-refractivity contribution in [1.82, 2.24) is 10.6 Å². The number of carbonyl (C=O) groups is 2. The molecular formula is C11H18N2O5S. The molecule has 108 valence electrons. The van der Waals surface area contributed by atoms with E-state index in [9.17, 15) is 14.7 Å². The molecule has 1 aliphatic rings. The smallest absolute Gasteiger partial charge is 0.337 e. The first kappa shape index (κ1) is 15.8. The van der Waals surface area contributed by atoms with Crippen LogP contribution in [0.25, 0.3) is 0 Å². The SMILES string of the molecule is CCOC(=O)C1=C(CSCC(O)CO)NC(=O)NC1. The minimum Gasteiger partial charge on any atom is -0.463 e. The third-order valence-electron chi connectivity index (χ3n) is 2.34. The molecule has 1 rings (SSSR count). The monoisotopic (exact) mass is 290 g/mol. The van der Waals surface area contributed by atoms with E-state index >= 15 is 0 Å². The molecule has 0 aromatic carbocycles. The number of esters is 1. The van der Waals surface area contributed by atoms with Crippen molar-refractivity contribution < 1.29 is 24.5 Å². The van der Waals surface area contributed by atoms with Gasteiger partial charge in [0.15, 0.2) is 0 Å². The van der Waals surface area contributed by atoms with Crippen LogP contribution in [-0.2, 0) is 9.53 Å². The van der Waals surface area contributed by atoms with Crippen molar-refractivity contribution in [2.24, 2.45) is 0 Å². The van der Waals surface area contributed by atoms with E-state index in [1.54, 1.807) is 6.92 Å². The predicted octanol–water partition coefficient (Wildman–Crippen LogP) is -0.797. The zero-order chi connectivity index (χ0) is 14.3. The van der Waals surface area contributed by atoms with E-state index in [0.717, 1.165) is 0 Å². The zero-order valence-electron chi connectivity index (χ0n) is 10.6. The van der Waals surface area contributed by atoms with Gasteiger partial charge >= 0.3 is 12.0 Å². The Labute approximate surface area is 115 Å². The molecule has 0 aliphatic carbocycles. The fourth-order valence-corrected chi connectivity index (χ4v) is 2.36. The minimum absolute atomic E-state index is 0.128. The van der Waals surface area contributed by atoms with Gasteiger partial charge in [-0.15, -0.1) is 0 Å². The van der Waals surface area contributed by atoms with Crippen molar-refractivity contribution in [3.8, 4) is 0 Å². The molecule has 8 heteroatoms. The van der Waals surface area contributed by atoms with Gasteiger partial charge in [-0.05, 0) is 6.92 Å². The average Bonchev–Trinajstić information content (AvgIpc) is 2.38. The number of nitrogens with one attached hydrogen (secondary N) is 2. The molecule has 0 saturated heterocycles. The Morgan fingerprint density at radius 2 is 2.32 bits per heavy atom. The van der Waals surface area contributed by atoms with Gasteiger partial charge in [-0.3, -0.25) is 0 Å². The number of aliphatic hydroxyl groups is 2. The van der Waals surface area contributed by atoms with Crippen LogP contribution in [-0.4, -0.2) is 59.6 Å². The second-order valence-electron chi connectivity index (χ2n) is 3.84. The highest BCUT2D eigenvalue weighted by Crippen LogP contribution is 2.14. The van der Waals surface area contributed by atoms with Gasteiger partial charge < -0.3 is 25.6 Å². The quantitative estimate of drug-likeness (QED) is 0.457. The summed E-state index contributed by atoms with van der Waals surface area (Å²) in [4.78, 5) is 22.9. The normalized spacial score (nSPS) is 16.7. The summed E-state index contributed by atoms with van der Waals surface area (Å²) in [5.41, 5.74) is 0.866. The number of rotatable bonds is 7. The van der Waals surface area contributed by atoms with Crippen LogP contribution in [0.3, 0.4) is 0 Å². The Bertz CT molecular complexity index is 372. The van der Waals surface area contributed by atoms with Crippen molar-refractivity contribution >= 4 is 23.8 Å². The summed E-state index contributed by atoms with van der Waals surface area (Å²) >= 11 is 1.32. The molecule has 4 N–H and O–H groups in total. The van der Waals surface area contributed by atoms with E-state index in [4.69, 9.17) is 9.84 Å². The summed E-state index contributed by atoms with van der Waals surface area (Å²) in [6.45, 7) is 1.78. The molecule has 0 saturated carbocycles. The van der Waals surface area contributed by atoms with Crippen LogP contribution in [0.15, 0.2) is 11.3 Å². The van der Waals surface area contributed by atoms with Gasteiger partial charge in [-0.1, -0.05) is 0 Å². The molecule has 1 unspecified atom stereocenters. The summed E-state index contributed by atoms with van der Waals surface area (Å²) < 4.78 is 4.91. The van der Waals surface area contributed by atoms with Crippen LogP contribution in [0.2, 0.25) is 0 Å². The summed E-state index contributed by atoms with van der Waals surface area (Å²) in [5.74, 6) is 0.214.